The zero-order chi connectivity index (χ0) is 23.3. The van der Waals surface area contributed by atoms with E-state index < -0.39 is 0 Å². The first-order valence-corrected chi connectivity index (χ1v) is 12.9. The highest BCUT2D eigenvalue weighted by molar-refractivity contribution is 7.17. The lowest BCUT2D eigenvalue weighted by Gasteiger charge is -2.57. The average Bonchev–Trinajstić information content (AvgIpc) is 3.38. The van der Waals surface area contributed by atoms with Gasteiger partial charge in [0.2, 0.25) is 0 Å². The van der Waals surface area contributed by atoms with Crippen LogP contribution in [0.2, 0.25) is 0 Å². The Morgan fingerprint density at radius 3 is 2.38 bits per heavy atom. The number of carbonyl (C=O) groups is 2. The van der Waals surface area contributed by atoms with Gasteiger partial charge in [-0.2, -0.15) is 0 Å². The minimum Gasteiger partial charge on any atom is -0.349 e. The van der Waals surface area contributed by atoms with Gasteiger partial charge in [0.1, 0.15) is 5.78 Å². The molecule has 2 aliphatic carbocycles. The van der Waals surface area contributed by atoms with Gasteiger partial charge >= 0.3 is 0 Å². The highest BCUT2D eigenvalue weighted by atomic mass is 32.1. The standard InChI is InChI=1S/C29H28N2O2S/c1-19(32)23-13-29(14-23)15-24(16-29)30-28(33)25-18-34-26-11-12-31(27(25)26)17-20-7-9-22(10-8-20)21-5-3-2-4-6-21/h2-12,18,23-24H,13-17H2,1H3,(H,30,33). The van der Waals surface area contributed by atoms with Crippen molar-refractivity contribution in [3.63, 3.8) is 0 Å². The lowest BCUT2D eigenvalue weighted by Crippen LogP contribution is -2.57. The fourth-order valence-electron chi connectivity index (χ4n) is 5.89. The highest BCUT2D eigenvalue weighted by Gasteiger charge is 2.54. The van der Waals surface area contributed by atoms with E-state index in [9.17, 15) is 9.59 Å². The number of ketones is 1. The Morgan fingerprint density at radius 1 is 0.971 bits per heavy atom. The molecule has 0 bridgehead atoms. The first kappa shape index (κ1) is 21.4. The van der Waals surface area contributed by atoms with Gasteiger partial charge in [0.05, 0.1) is 15.8 Å². The number of nitrogens with one attached hydrogen (secondary N) is 1. The van der Waals surface area contributed by atoms with Gasteiger partial charge in [-0.25, -0.2) is 0 Å². The van der Waals surface area contributed by atoms with Crippen LogP contribution in [0.5, 0.6) is 0 Å². The molecule has 2 aromatic carbocycles. The third-order valence-corrected chi connectivity index (χ3v) is 8.71. The van der Waals surface area contributed by atoms with Crippen molar-refractivity contribution in [1.29, 1.82) is 0 Å². The zero-order valence-electron chi connectivity index (χ0n) is 19.3. The summed E-state index contributed by atoms with van der Waals surface area (Å²) in [5, 5.41) is 5.24. The Morgan fingerprint density at radius 2 is 1.68 bits per heavy atom. The summed E-state index contributed by atoms with van der Waals surface area (Å²) in [5.74, 6) is 0.584. The molecule has 2 fully saturated rings. The molecular formula is C29H28N2O2S. The van der Waals surface area contributed by atoms with Crippen molar-refractivity contribution in [2.45, 2.75) is 45.2 Å². The molecule has 0 aliphatic heterocycles. The van der Waals surface area contributed by atoms with Gasteiger partial charge in [-0.1, -0.05) is 54.6 Å². The largest absolute Gasteiger partial charge is 0.349 e. The second kappa shape index (κ2) is 8.24. The number of fused-ring (bicyclic) bond motifs is 1. The van der Waals surface area contributed by atoms with Gasteiger partial charge in [-0.3, -0.25) is 9.59 Å². The van der Waals surface area contributed by atoms with Crippen LogP contribution in [0, 0.1) is 11.3 Å². The number of thiophene rings is 1. The molecule has 2 aliphatic rings. The van der Waals surface area contributed by atoms with E-state index in [2.05, 4.69) is 70.7 Å². The van der Waals surface area contributed by atoms with E-state index in [0.717, 1.165) is 48.0 Å². The number of nitrogens with zero attached hydrogens (tertiary/aromatic N) is 1. The molecule has 1 amide bonds. The van der Waals surface area contributed by atoms with Crippen molar-refractivity contribution in [3.8, 4) is 11.1 Å². The number of benzene rings is 2. The summed E-state index contributed by atoms with van der Waals surface area (Å²) in [6.45, 7) is 2.43. The number of hydrogen-bond acceptors (Lipinski definition) is 3. The first-order chi connectivity index (χ1) is 16.5. The summed E-state index contributed by atoms with van der Waals surface area (Å²) in [6, 6.07) is 21.4. The fourth-order valence-corrected chi connectivity index (χ4v) is 6.84. The molecule has 0 radical (unpaired) electrons. The number of hydrogen-bond donors (Lipinski definition) is 1. The molecular weight excluding hydrogens is 440 g/mol. The van der Waals surface area contributed by atoms with E-state index in [1.165, 1.54) is 16.7 Å². The summed E-state index contributed by atoms with van der Waals surface area (Å²) >= 11 is 1.63. The molecule has 2 aromatic heterocycles. The van der Waals surface area contributed by atoms with Crippen LogP contribution in [-0.2, 0) is 11.3 Å². The number of aromatic nitrogens is 1. The molecule has 2 heterocycles. The van der Waals surface area contributed by atoms with Gasteiger partial charge in [0, 0.05) is 30.1 Å². The van der Waals surface area contributed by atoms with Crippen LogP contribution in [0.3, 0.4) is 0 Å². The molecule has 6 rings (SSSR count). The number of rotatable bonds is 6. The van der Waals surface area contributed by atoms with Crippen LogP contribution in [0.25, 0.3) is 21.3 Å². The van der Waals surface area contributed by atoms with Crippen molar-refractivity contribution >= 4 is 33.2 Å². The van der Waals surface area contributed by atoms with E-state index in [0.29, 0.717) is 11.2 Å². The average molecular weight is 469 g/mol. The maximum atomic E-state index is 13.1. The molecule has 4 aromatic rings. The Kier molecular flexibility index (Phi) is 5.18. The van der Waals surface area contributed by atoms with Gasteiger partial charge in [-0.05, 0) is 60.8 Å². The summed E-state index contributed by atoms with van der Waals surface area (Å²) in [6.07, 6.45) is 6.10. The first-order valence-electron chi connectivity index (χ1n) is 12.0. The summed E-state index contributed by atoms with van der Waals surface area (Å²) in [7, 11) is 0. The van der Waals surface area contributed by atoms with Crippen LogP contribution in [0.15, 0.2) is 72.2 Å². The van der Waals surface area contributed by atoms with Gasteiger partial charge in [0.15, 0.2) is 0 Å². The van der Waals surface area contributed by atoms with E-state index in [1.807, 2.05) is 11.4 Å². The van der Waals surface area contributed by atoms with Crippen molar-refractivity contribution < 1.29 is 9.59 Å². The van der Waals surface area contributed by atoms with Crippen LogP contribution in [0.1, 0.15) is 48.5 Å². The molecule has 1 N–H and O–H groups in total. The third kappa shape index (κ3) is 3.78. The number of Topliss-reactive ketones (excluding diaryl/α,β-unsaturated/α-hetero) is 1. The fraction of sp³-hybridized carbons (Fsp3) is 0.310. The summed E-state index contributed by atoms with van der Waals surface area (Å²) in [5.41, 5.74) is 5.72. The van der Waals surface area contributed by atoms with Crippen molar-refractivity contribution in [2.75, 3.05) is 0 Å². The normalized spacial score (nSPS) is 23.4. The lowest BCUT2D eigenvalue weighted by atomic mass is 9.49. The predicted molar refractivity (Wildman–Crippen MR) is 137 cm³/mol. The highest BCUT2D eigenvalue weighted by Crippen LogP contribution is 2.58. The minimum atomic E-state index is 0.0212. The monoisotopic (exact) mass is 468 g/mol. The molecule has 0 atom stereocenters. The Bertz CT molecular complexity index is 1350. The van der Waals surface area contributed by atoms with Crippen LogP contribution < -0.4 is 5.32 Å². The van der Waals surface area contributed by atoms with Crippen molar-refractivity contribution in [3.05, 3.63) is 83.4 Å². The van der Waals surface area contributed by atoms with E-state index in [-0.39, 0.29) is 17.9 Å². The van der Waals surface area contributed by atoms with Gasteiger partial charge < -0.3 is 9.88 Å². The van der Waals surface area contributed by atoms with Crippen molar-refractivity contribution in [2.24, 2.45) is 11.3 Å². The molecule has 2 saturated carbocycles. The van der Waals surface area contributed by atoms with Gasteiger partial charge in [-0.15, -0.1) is 11.3 Å². The van der Waals surface area contributed by atoms with Gasteiger partial charge in [0.25, 0.3) is 5.91 Å². The third-order valence-electron chi connectivity index (χ3n) is 7.77. The molecule has 34 heavy (non-hydrogen) atoms. The second-order valence-corrected chi connectivity index (χ2v) is 11.1. The molecule has 1 spiro atoms. The van der Waals surface area contributed by atoms with Crippen LogP contribution >= 0.6 is 11.3 Å². The summed E-state index contributed by atoms with van der Waals surface area (Å²) in [4.78, 5) is 24.7. The maximum absolute atomic E-state index is 13.1. The van der Waals surface area contributed by atoms with Crippen LogP contribution in [-0.4, -0.2) is 22.3 Å². The topological polar surface area (TPSA) is 51.1 Å². The number of amides is 1. The van der Waals surface area contributed by atoms with E-state index in [4.69, 9.17) is 0 Å². The van der Waals surface area contributed by atoms with Crippen molar-refractivity contribution in [1.82, 2.24) is 9.88 Å². The minimum absolute atomic E-state index is 0.0212. The molecule has 0 unspecified atom stereocenters. The zero-order valence-corrected chi connectivity index (χ0v) is 20.1. The smallest absolute Gasteiger partial charge is 0.254 e. The molecule has 172 valence electrons. The van der Waals surface area contributed by atoms with E-state index >= 15 is 0 Å². The SMILES string of the molecule is CC(=O)C1CC2(CC(NC(=O)c3csc4ccn(Cc5ccc(-c6ccccc6)cc5)c34)C2)C1. The Balaban J connectivity index is 1.14. The number of carbonyl (C=O) groups excluding carboxylic acids is 2. The summed E-state index contributed by atoms with van der Waals surface area (Å²) < 4.78 is 3.32. The van der Waals surface area contributed by atoms with E-state index in [1.54, 1.807) is 18.3 Å². The molecule has 5 heteroatoms. The predicted octanol–water partition coefficient (Wildman–Crippen LogP) is 6.30. The Hall–Kier alpha value is -3.18. The quantitative estimate of drug-likeness (QED) is 0.361. The molecule has 4 nitrogen and oxygen atoms in total. The lowest BCUT2D eigenvalue weighted by molar-refractivity contribution is -0.134. The molecule has 0 saturated heterocycles. The second-order valence-electron chi connectivity index (χ2n) is 10.2. The van der Waals surface area contributed by atoms with Crippen LogP contribution in [0.4, 0.5) is 0 Å². The Labute approximate surface area is 203 Å². The maximum Gasteiger partial charge on any atom is 0.254 e.